The zero-order valence-corrected chi connectivity index (χ0v) is 23.3. The largest absolute Gasteiger partial charge is 0.546 e. The van der Waals surface area contributed by atoms with Gasteiger partial charge in [-0.05, 0) is 55.3 Å². The number of thiazole rings is 1. The Hall–Kier alpha value is -4.58. The maximum atomic E-state index is 13.8. The third-order valence-electron chi connectivity index (χ3n) is 6.05. The Balaban J connectivity index is 1.89. The topological polar surface area (TPSA) is 138 Å². The highest BCUT2D eigenvalue weighted by Gasteiger charge is 2.34. The predicted octanol–water partition coefficient (Wildman–Crippen LogP) is 0.953. The molecule has 11 nitrogen and oxygen atoms in total. The summed E-state index contributed by atoms with van der Waals surface area (Å²) in [4.78, 5) is 42.6. The molecule has 0 unspecified atom stereocenters. The Morgan fingerprint density at radius 3 is 2.27 bits per heavy atom. The first-order chi connectivity index (χ1) is 19.2. The van der Waals surface area contributed by atoms with E-state index in [1.165, 1.54) is 37.2 Å². The lowest BCUT2D eigenvalue weighted by Gasteiger charge is -2.26. The van der Waals surface area contributed by atoms with E-state index in [9.17, 15) is 19.5 Å². The fourth-order valence-electron chi connectivity index (χ4n) is 4.32. The number of aliphatic carboxylic acids is 1. The van der Waals surface area contributed by atoms with Gasteiger partial charge in [-0.3, -0.25) is 9.36 Å². The number of benzene rings is 2. The maximum Gasteiger partial charge on any atom is 0.338 e. The number of carboxylic acids is 1. The third kappa shape index (κ3) is 5.57. The van der Waals surface area contributed by atoms with E-state index >= 15 is 0 Å². The summed E-state index contributed by atoms with van der Waals surface area (Å²) in [5, 5.41) is 10.6. The van der Waals surface area contributed by atoms with Crippen molar-refractivity contribution in [3.63, 3.8) is 0 Å². The molecule has 0 aliphatic carbocycles. The second kappa shape index (κ2) is 12.1. The smallest absolute Gasteiger partial charge is 0.338 e. The molecule has 1 aliphatic rings. The van der Waals surface area contributed by atoms with E-state index in [-0.39, 0.29) is 17.7 Å². The zero-order valence-electron chi connectivity index (χ0n) is 22.5. The molecule has 0 saturated heterocycles. The second-order valence-corrected chi connectivity index (χ2v) is 9.50. The molecular formula is C28H27N2O9S-. The van der Waals surface area contributed by atoms with Crippen LogP contribution in [0.25, 0.3) is 6.08 Å². The molecule has 2 heterocycles. The van der Waals surface area contributed by atoms with Crippen LogP contribution in [0.5, 0.6) is 23.0 Å². The average molecular weight is 568 g/mol. The van der Waals surface area contributed by atoms with Crippen LogP contribution < -0.4 is 38.9 Å². The molecule has 0 bridgehead atoms. The van der Waals surface area contributed by atoms with Crippen molar-refractivity contribution in [3.8, 4) is 23.0 Å². The lowest BCUT2D eigenvalue weighted by molar-refractivity contribution is -0.307. The minimum atomic E-state index is -1.33. The van der Waals surface area contributed by atoms with E-state index in [2.05, 4.69) is 4.99 Å². The van der Waals surface area contributed by atoms with Crippen molar-refractivity contribution in [1.29, 1.82) is 0 Å². The number of carboxylic acid groups (broad SMARTS) is 1. The molecule has 40 heavy (non-hydrogen) atoms. The molecule has 0 fully saturated rings. The van der Waals surface area contributed by atoms with Crippen LogP contribution in [0.1, 0.15) is 31.0 Å². The highest BCUT2D eigenvalue weighted by Crippen LogP contribution is 2.42. The molecule has 210 valence electrons. The molecule has 0 N–H and O–H groups in total. The quantitative estimate of drug-likeness (QED) is 0.328. The molecule has 3 aromatic rings. The summed E-state index contributed by atoms with van der Waals surface area (Å²) < 4.78 is 28.8. The van der Waals surface area contributed by atoms with E-state index in [1.807, 2.05) is 0 Å². The summed E-state index contributed by atoms with van der Waals surface area (Å²) >= 11 is 1.17. The van der Waals surface area contributed by atoms with Gasteiger partial charge in [-0.25, -0.2) is 9.79 Å². The summed E-state index contributed by atoms with van der Waals surface area (Å²) in [6.07, 6.45) is 1.68. The van der Waals surface area contributed by atoms with Crippen molar-refractivity contribution in [1.82, 2.24) is 4.57 Å². The Labute approximate surface area is 233 Å². The number of aromatic nitrogens is 1. The first-order valence-corrected chi connectivity index (χ1v) is 13.0. The van der Waals surface area contributed by atoms with Crippen LogP contribution in [0.4, 0.5) is 0 Å². The molecule has 1 aromatic heterocycles. The van der Waals surface area contributed by atoms with Crippen molar-refractivity contribution >= 4 is 29.4 Å². The van der Waals surface area contributed by atoms with E-state index in [0.29, 0.717) is 49.2 Å². The molecule has 2 aromatic carbocycles. The van der Waals surface area contributed by atoms with E-state index in [0.717, 1.165) is 0 Å². The number of carbonyl (C=O) groups excluding carboxylic acids is 2. The van der Waals surface area contributed by atoms with Crippen molar-refractivity contribution in [2.24, 2.45) is 4.99 Å². The molecule has 1 atom stereocenters. The number of methoxy groups -OCH3 is 3. The van der Waals surface area contributed by atoms with Crippen LogP contribution in [-0.4, -0.2) is 51.0 Å². The van der Waals surface area contributed by atoms with Crippen molar-refractivity contribution < 1.29 is 38.4 Å². The molecule has 0 saturated carbocycles. The number of hydrogen-bond donors (Lipinski definition) is 0. The molecule has 0 spiro atoms. The first kappa shape index (κ1) is 28.4. The highest BCUT2D eigenvalue weighted by atomic mass is 32.1. The summed E-state index contributed by atoms with van der Waals surface area (Å²) in [5.74, 6) is -0.490. The molecule has 0 amide bonds. The van der Waals surface area contributed by atoms with E-state index in [4.69, 9.17) is 23.7 Å². The number of hydrogen-bond acceptors (Lipinski definition) is 11. The number of nitrogens with zero attached hydrogens (tertiary/aromatic N) is 2. The Morgan fingerprint density at radius 2 is 1.73 bits per heavy atom. The van der Waals surface area contributed by atoms with Gasteiger partial charge in [0.15, 0.2) is 16.3 Å². The average Bonchev–Trinajstić information content (AvgIpc) is 3.24. The van der Waals surface area contributed by atoms with Crippen LogP contribution >= 0.6 is 11.3 Å². The summed E-state index contributed by atoms with van der Waals surface area (Å²) in [6.45, 7) is 2.97. The molecule has 1 aliphatic heterocycles. The van der Waals surface area contributed by atoms with Crippen LogP contribution in [0.15, 0.2) is 57.5 Å². The molecule has 12 heteroatoms. The Morgan fingerprint density at radius 1 is 1.07 bits per heavy atom. The Bertz CT molecular complexity index is 1630. The SMILES string of the molecule is CCOC(=O)C1=C(C)N=c2s/c(=C\c3ccc(OCC(=O)[O-])cc3)c(=O)n2[C@H]1c1cc(OC)c(OC)c(OC)c1. The maximum absolute atomic E-state index is 13.8. The van der Waals surface area contributed by atoms with Crippen molar-refractivity contribution in [3.05, 3.63) is 78.5 Å². The number of carbonyl (C=O) groups is 2. The number of rotatable bonds is 10. The van der Waals surface area contributed by atoms with Crippen LogP contribution in [-0.2, 0) is 14.3 Å². The lowest BCUT2D eigenvalue weighted by atomic mass is 9.95. The minimum absolute atomic E-state index is 0.144. The van der Waals surface area contributed by atoms with Gasteiger partial charge in [-0.2, -0.15) is 0 Å². The Kier molecular flexibility index (Phi) is 8.58. The number of ether oxygens (including phenoxy) is 5. The van der Waals surface area contributed by atoms with Crippen LogP contribution in [0.2, 0.25) is 0 Å². The predicted molar refractivity (Wildman–Crippen MR) is 143 cm³/mol. The van der Waals surface area contributed by atoms with Gasteiger partial charge in [0, 0.05) is 0 Å². The van der Waals surface area contributed by atoms with Gasteiger partial charge < -0.3 is 33.6 Å². The zero-order chi connectivity index (χ0) is 29.0. The molecular weight excluding hydrogens is 540 g/mol. The third-order valence-corrected chi connectivity index (χ3v) is 7.04. The second-order valence-electron chi connectivity index (χ2n) is 8.49. The van der Waals surface area contributed by atoms with Gasteiger partial charge in [0.2, 0.25) is 5.75 Å². The number of esters is 1. The van der Waals surface area contributed by atoms with Gasteiger partial charge in [-0.15, -0.1) is 0 Å². The van der Waals surface area contributed by atoms with Crippen molar-refractivity contribution in [2.45, 2.75) is 19.9 Å². The van der Waals surface area contributed by atoms with Crippen LogP contribution in [0, 0.1) is 0 Å². The fraction of sp³-hybridized carbons (Fsp3) is 0.286. The van der Waals surface area contributed by atoms with Crippen molar-refractivity contribution in [2.75, 3.05) is 34.5 Å². The van der Waals surface area contributed by atoms with Crippen LogP contribution in [0.3, 0.4) is 0 Å². The fourth-order valence-corrected chi connectivity index (χ4v) is 5.37. The number of allylic oxidation sites excluding steroid dienone is 1. The van der Waals surface area contributed by atoms with Gasteiger partial charge in [-0.1, -0.05) is 23.5 Å². The van der Waals surface area contributed by atoms with Gasteiger partial charge in [0.1, 0.15) is 12.4 Å². The first-order valence-electron chi connectivity index (χ1n) is 12.1. The van der Waals surface area contributed by atoms with Gasteiger partial charge >= 0.3 is 5.97 Å². The standard InChI is InChI=1S/C28H28N2O9S/c1-6-38-27(34)23-15(2)29-28-30(24(23)17-12-19(35-3)25(37-5)20(13-17)36-4)26(33)21(40-28)11-16-7-9-18(10-8-16)39-14-22(31)32/h7-13,24H,6,14H2,1-5H3,(H,31,32)/p-1/b21-11-/t24-/m0/s1. The summed E-state index contributed by atoms with van der Waals surface area (Å²) in [7, 11) is 4.45. The molecule has 4 rings (SSSR count). The summed E-state index contributed by atoms with van der Waals surface area (Å²) in [6, 6.07) is 9.05. The monoisotopic (exact) mass is 567 g/mol. The van der Waals surface area contributed by atoms with Gasteiger partial charge in [0.05, 0.1) is 55.7 Å². The highest BCUT2D eigenvalue weighted by molar-refractivity contribution is 7.07. The molecule has 0 radical (unpaired) electrons. The summed E-state index contributed by atoms with van der Waals surface area (Å²) in [5.41, 5.74) is 1.48. The lowest BCUT2D eigenvalue weighted by Crippen LogP contribution is -2.40. The minimum Gasteiger partial charge on any atom is -0.546 e. The number of fused-ring (bicyclic) bond motifs is 1. The van der Waals surface area contributed by atoms with E-state index in [1.54, 1.807) is 56.3 Å². The van der Waals surface area contributed by atoms with E-state index < -0.39 is 24.6 Å². The normalized spacial score (nSPS) is 14.7. The van der Waals surface area contributed by atoms with Gasteiger partial charge in [0.25, 0.3) is 5.56 Å².